The summed E-state index contributed by atoms with van der Waals surface area (Å²) in [6.07, 6.45) is -4.46. The highest BCUT2D eigenvalue weighted by atomic mass is 35.5. The van der Waals surface area contributed by atoms with Crippen molar-refractivity contribution < 1.29 is 13.2 Å². The van der Waals surface area contributed by atoms with Crippen molar-refractivity contribution in [2.45, 2.75) is 12.7 Å². The highest BCUT2D eigenvalue weighted by Crippen LogP contribution is 2.27. The zero-order valence-corrected chi connectivity index (χ0v) is 13.6. The van der Waals surface area contributed by atoms with Gasteiger partial charge in [-0.2, -0.15) is 13.2 Å². The number of hydrogen-bond donors (Lipinski definition) is 0. The SMILES string of the molecule is FC(F)(F)c1ccc(N2CCN(Cc3ccccc3Cl)CC2)nn1. The predicted molar refractivity (Wildman–Crippen MR) is 86.0 cm³/mol. The Balaban J connectivity index is 1.58. The maximum absolute atomic E-state index is 12.5. The van der Waals surface area contributed by atoms with E-state index in [4.69, 9.17) is 11.6 Å². The summed E-state index contributed by atoms with van der Waals surface area (Å²) in [6, 6.07) is 10.1. The lowest BCUT2D eigenvalue weighted by molar-refractivity contribution is -0.141. The van der Waals surface area contributed by atoms with Crippen molar-refractivity contribution in [3.63, 3.8) is 0 Å². The van der Waals surface area contributed by atoms with Gasteiger partial charge < -0.3 is 4.90 Å². The van der Waals surface area contributed by atoms with Gasteiger partial charge >= 0.3 is 6.18 Å². The molecule has 0 N–H and O–H groups in total. The molecule has 1 saturated heterocycles. The van der Waals surface area contributed by atoms with Gasteiger partial charge in [0.05, 0.1) is 0 Å². The van der Waals surface area contributed by atoms with Crippen LogP contribution in [0.25, 0.3) is 0 Å². The van der Waals surface area contributed by atoms with Crippen LogP contribution in [0.2, 0.25) is 5.02 Å². The highest BCUT2D eigenvalue weighted by Gasteiger charge is 2.33. The fourth-order valence-electron chi connectivity index (χ4n) is 2.65. The molecule has 8 heteroatoms. The average molecular weight is 357 g/mol. The molecule has 128 valence electrons. The van der Waals surface area contributed by atoms with Crippen LogP contribution in [0.3, 0.4) is 0 Å². The third-order valence-corrected chi connectivity index (χ3v) is 4.36. The minimum Gasteiger partial charge on any atom is -0.353 e. The first-order valence-electron chi connectivity index (χ1n) is 7.55. The molecule has 1 aliphatic heterocycles. The Morgan fingerprint density at radius 2 is 1.67 bits per heavy atom. The summed E-state index contributed by atoms with van der Waals surface area (Å²) in [4.78, 5) is 4.20. The molecule has 0 unspecified atom stereocenters. The van der Waals surface area contributed by atoms with Crippen molar-refractivity contribution in [2.75, 3.05) is 31.1 Å². The van der Waals surface area contributed by atoms with E-state index in [1.807, 2.05) is 29.2 Å². The maximum atomic E-state index is 12.5. The van der Waals surface area contributed by atoms with E-state index < -0.39 is 11.9 Å². The molecular weight excluding hydrogens is 341 g/mol. The summed E-state index contributed by atoms with van der Waals surface area (Å²) < 4.78 is 37.6. The number of rotatable bonds is 3. The van der Waals surface area contributed by atoms with E-state index in [2.05, 4.69) is 15.1 Å². The molecule has 3 rings (SSSR count). The number of aromatic nitrogens is 2. The molecule has 0 radical (unpaired) electrons. The van der Waals surface area contributed by atoms with Gasteiger partial charge in [-0.05, 0) is 23.8 Å². The lowest BCUT2D eigenvalue weighted by atomic mass is 10.2. The van der Waals surface area contributed by atoms with E-state index in [9.17, 15) is 13.2 Å². The van der Waals surface area contributed by atoms with E-state index in [0.29, 0.717) is 18.9 Å². The third-order valence-electron chi connectivity index (χ3n) is 3.99. The Bertz CT molecular complexity index is 682. The summed E-state index contributed by atoms with van der Waals surface area (Å²) in [7, 11) is 0. The van der Waals surface area contributed by atoms with Crippen LogP contribution in [-0.4, -0.2) is 41.3 Å². The molecule has 4 nitrogen and oxygen atoms in total. The number of nitrogens with zero attached hydrogens (tertiary/aromatic N) is 4. The van der Waals surface area contributed by atoms with Crippen LogP contribution in [0.5, 0.6) is 0 Å². The molecule has 1 aromatic heterocycles. The monoisotopic (exact) mass is 356 g/mol. The zero-order valence-electron chi connectivity index (χ0n) is 12.8. The normalized spacial score (nSPS) is 16.4. The maximum Gasteiger partial charge on any atom is 0.435 e. The molecule has 2 heterocycles. The predicted octanol–water partition coefficient (Wildman–Crippen LogP) is 3.47. The smallest absolute Gasteiger partial charge is 0.353 e. The Morgan fingerprint density at radius 3 is 2.25 bits per heavy atom. The largest absolute Gasteiger partial charge is 0.435 e. The molecule has 0 amide bonds. The average Bonchev–Trinajstić information content (AvgIpc) is 2.57. The molecular formula is C16H16ClF3N4. The molecule has 1 aromatic carbocycles. The lowest BCUT2D eigenvalue weighted by Gasteiger charge is -2.35. The number of anilines is 1. The Kier molecular flexibility index (Phi) is 4.91. The van der Waals surface area contributed by atoms with E-state index >= 15 is 0 Å². The standard InChI is InChI=1S/C16H16ClF3N4/c17-13-4-2-1-3-12(13)11-23-7-9-24(10-8-23)15-6-5-14(21-22-15)16(18,19)20/h1-6H,7-11H2. The Hall–Kier alpha value is -1.86. The second kappa shape index (κ2) is 6.94. The fourth-order valence-corrected chi connectivity index (χ4v) is 2.84. The van der Waals surface area contributed by atoms with Crippen LogP contribution in [0.1, 0.15) is 11.3 Å². The van der Waals surface area contributed by atoms with Gasteiger partial charge in [0.25, 0.3) is 0 Å². The molecule has 0 bridgehead atoms. The van der Waals surface area contributed by atoms with Gasteiger partial charge in [-0.25, -0.2) is 0 Å². The van der Waals surface area contributed by atoms with Crippen LogP contribution in [0, 0.1) is 0 Å². The minimum atomic E-state index is -4.46. The molecule has 0 aliphatic carbocycles. The summed E-state index contributed by atoms with van der Waals surface area (Å²) in [5.74, 6) is 0.473. The topological polar surface area (TPSA) is 32.3 Å². The summed E-state index contributed by atoms with van der Waals surface area (Å²) in [6.45, 7) is 3.70. The van der Waals surface area contributed by atoms with E-state index in [1.54, 1.807) is 0 Å². The number of halogens is 4. The first-order chi connectivity index (χ1) is 11.4. The fraction of sp³-hybridized carbons (Fsp3) is 0.375. The van der Waals surface area contributed by atoms with Crippen molar-refractivity contribution in [1.29, 1.82) is 0 Å². The van der Waals surface area contributed by atoms with E-state index in [1.165, 1.54) is 6.07 Å². The number of piperazine rings is 1. The quantitative estimate of drug-likeness (QED) is 0.843. The minimum absolute atomic E-state index is 0.473. The first-order valence-corrected chi connectivity index (χ1v) is 7.93. The Labute approximate surface area is 142 Å². The van der Waals surface area contributed by atoms with Crippen LogP contribution >= 0.6 is 11.6 Å². The first kappa shape index (κ1) is 17.0. The van der Waals surface area contributed by atoms with Crippen molar-refractivity contribution in [3.05, 3.63) is 52.7 Å². The van der Waals surface area contributed by atoms with E-state index in [-0.39, 0.29) is 0 Å². The molecule has 1 aliphatic rings. The van der Waals surface area contributed by atoms with E-state index in [0.717, 1.165) is 36.3 Å². The van der Waals surface area contributed by atoms with Crippen molar-refractivity contribution in [2.24, 2.45) is 0 Å². The highest BCUT2D eigenvalue weighted by molar-refractivity contribution is 6.31. The van der Waals surface area contributed by atoms with Crippen LogP contribution in [0.15, 0.2) is 36.4 Å². The number of alkyl halides is 3. The summed E-state index contributed by atoms with van der Waals surface area (Å²) in [5.41, 5.74) is 0.102. The van der Waals surface area contributed by atoms with Crippen molar-refractivity contribution >= 4 is 17.4 Å². The van der Waals surface area contributed by atoms with Crippen LogP contribution < -0.4 is 4.90 Å². The lowest BCUT2D eigenvalue weighted by Crippen LogP contribution is -2.46. The number of hydrogen-bond acceptors (Lipinski definition) is 4. The van der Waals surface area contributed by atoms with Gasteiger partial charge in [-0.15, -0.1) is 10.2 Å². The number of benzene rings is 1. The second-order valence-electron chi connectivity index (χ2n) is 5.63. The molecule has 1 fully saturated rings. The molecule has 0 atom stereocenters. The van der Waals surface area contributed by atoms with Gasteiger partial charge in [-0.1, -0.05) is 29.8 Å². The van der Waals surface area contributed by atoms with Gasteiger partial charge in [0.1, 0.15) is 0 Å². The summed E-state index contributed by atoms with van der Waals surface area (Å²) >= 11 is 6.17. The molecule has 24 heavy (non-hydrogen) atoms. The zero-order chi connectivity index (χ0) is 17.2. The van der Waals surface area contributed by atoms with Crippen molar-refractivity contribution in [1.82, 2.24) is 15.1 Å². The molecule has 0 saturated carbocycles. The van der Waals surface area contributed by atoms with Crippen molar-refractivity contribution in [3.8, 4) is 0 Å². The van der Waals surface area contributed by atoms with Crippen LogP contribution in [0.4, 0.5) is 19.0 Å². The van der Waals surface area contributed by atoms with Gasteiger partial charge in [0, 0.05) is 37.7 Å². The molecule has 0 spiro atoms. The third kappa shape index (κ3) is 3.96. The van der Waals surface area contributed by atoms with Gasteiger partial charge in [-0.3, -0.25) is 4.90 Å². The second-order valence-corrected chi connectivity index (χ2v) is 6.04. The summed E-state index contributed by atoms with van der Waals surface area (Å²) in [5, 5.41) is 7.73. The van der Waals surface area contributed by atoms with Gasteiger partial charge in [0.15, 0.2) is 11.5 Å². The molecule has 2 aromatic rings. The van der Waals surface area contributed by atoms with Crippen LogP contribution in [-0.2, 0) is 12.7 Å². The van der Waals surface area contributed by atoms with Gasteiger partial charge in [0.2, 0.25) is 0 Å². The Morgan fingerprint density at radius 1 is 0.958 bits per heavy atom.